The van der Waals surface area contributed by atoms with Gasteiger partial charge in [-0.15, -0.1) is 0 Å². The highest BCUT2D eigenvalue weighted by atomic mass is 32.1. The molecule has 1 N–H and O–H groups in total. The fourth-order valence-electron chi connectivity index (χ4n) is 2.47. The first-order valence-electron chi connectivity index (χ1n) is 7.18. The number of likely N-dealkylation sites (N-methyl/N-ethyl adjacent to an activating group) is 1. The number of amides is 1. The van der Waals surface area contributed by atoms with E-state index >= 15 is 0 Å². The van der Waals surface area contributed by atoms with Gasteiger partial charge in [-0.25, -0.2) is 4.79 Å². The van der Waals surface area contributed by atoms with Crippen LogP contribution in [0.3, 0.4) is 0 Å². The van der Waals surface area contributed by atoms with E-state index in [0.29, 0.717) is 5.69 Å². The molecular weight excluding hydrogens is 334 g/mol. The van der Waals surface area contributed by atoms with E-state index in [9.17, 15) is 13.6 Å². The van der Waals surface area contributed by atoms with Gasteiger partial charge in [-0.3, -0.25) is 5.32 Å². The van der Waals surface area contributed by atoms with Gasteiger partial charge in [-0.05, 0) is 23.8 Å². The number of hydrogen-bond acceptors (Lipinski definition) is 3. The molecule has 0 saturated carbocycles. The summed E-state index contributed by atoms with van der Waals surface area (Å²) < 4.78 is 33.4. The van der Waals surface area contributed by atoms with Gasteiger partial charge in [0.1, 0.15) is 6.61 Å². The van der Waals surface area contributed by atoms with Crippen LogP contribution in [0.2, 0.25) is 0 Å². The van der Waals surface area contributed by atoms with Crippen molar-refractivity contribution in [2.75, 3.05) is 17.3 Å². The summed E-state index contributed by atoms with van der Waals surface area (Å²) in [5.74, 6) is -3.23. The zero-order valence-electron chi connectivity index (χ0n) is 12.8. The summed E-state index contributed by atoms with van der Waals surface area (Å²) in [6, 6.07) is 13.4. The van der Waals surface area contributed by atoms with Crippen LogP contribution in [-0.2, 0) is 17.3 Å². The highest BCUT2D eigenvalue weighted by molar-refractivity contribution is 7.80. The Kier molecular flexibility index (Phi) is 4.19. The van der Waals surface area contributed by atoms with E-state index in [1.54, 1.807) is 0 Å². The van der Waals surface area contributed by atoms with E-state index in [0.717, 1.165) is 5.56 Å². The summed E-state index contributed by atoms with van der Waals surface area (Å²) in [6.07, 6.45) is -0.712. The van der Waals surface area contributed by atoms with Gasteiger partial charge in [0, 0.05) is 12.7 Å². The molecule has 0 fully saturated rings. The molecular formula is C17H14F2N2O2S. The van der Waals surface area contributed by atoms with Crippen LogP contribution in [0, 0.1) is 0 Å². The van der Waals surface area contributed by atoms with Crippen molar-refractivity contribution >= 4 is 34.7 Å². The fourth-order valence-corrected chi connectivity index (χ4v) is 2.68. The second kappa shape index (κ2) is 6.16. The minimum absolute atomic E-state index is 0.0978. The predicted molar refractivity (Wildman–Crippen MR) is 91.6 cm³/mol. The van der Waals surface area contributed by atoms with Crippen LogP contribution in [-0.4, -0.2) is 18.1 Å². The normalized spacial score (nSPS) is 15.1. The molecule has 1 aliphatic heterocycles. The fraction of sp³-hybridized carbons (Fsp3) is 0.176. The number of carbonyl (C=O) groups is 1. The van der Waals surface area contributed by atoms with E-state index in [2.05, 4.69) is 5.32 Å². The molecule has 0 spiro atoms. The molecule has 0 unspecified atom stereocenters. The first-order valence-corrected chi connectivity index (χ1v) is 7.58. The number of carbonyl (C=O) groups excluding carboxylic acids is 1. The SMILES string of the molecule is CN1C(=S)C(F)(F)c2cc(NC(=O)OCc3ccccc3)ccc21. The lowest BCUT2D eigenvalue weighted by Gasteiger charge is -2.12. The number of thiocarbonyl (C=S) groups is 1. The second-order valence-corrected chi connectivity index (χ2v) is 5.74. The van der Waals surface area contributed by atoms with Crippen molar-refractivity contribution in [3.8, 4) is 0 Å². The lowest BCUT2D eigenvalue weighted by Crippen LogP contribution is -2.29. The maximum Gasteiger partial charge on any atom is 0.411 e. The van der Waals surface area contributed by atoms with Crippen LogP contribution < -0.4 is 10.2 Å². The summed E-state index contributed by atoms with van der Waals surface area (Å²) in [5, 5.41) is 2.45. The Bertz CT molecular complexity index is 796. The van der Waals surface area contributed by atoms with Crippen molar-refractivity contribution in [1.29, 1.82) is 0 Å². The smallest absolute Gasteiger partial charge is 0.411 e. The summed E-state index contributed by atoms with van der Waals surface area (Å²) in [4.78, 5) is 12.6. The van der Waals surface area contributed by atoms with Crippen LogP contribution in [0.4, 0.5) is 25.0 Å². The maximum atomic E-state index is 14.1. The van der Waals surface area contributed by atoms with Crippen molar-refractivity contribution in [2.24, 2.45) is 0 Å². The number of fused-ring (bicyclic) bond motifs is 1. The molecule has 4 nitrogen and oxygen atoms in total. The molecule has 0 saturated heterocycles. The summed E-state index contributed by atoms with van der Waals surface area (Å²) >= 11 is 4.77. The summed E-state index contributed by atoms with van der Waals surface area (Å²) in [7, 11) is 1.49. The van der Waals surface area contributed by atoms with Gasteiger partial charge in [-0.2, -0.15) is 8.78 Å². The Hall–Kier alpha value is -2.54. The molecule has 24 heavy (non-hydrogen) atoms. The highest BCUT2D eigenvalue weighted by Crippen LogP contribution is 2.45. The Labute approximate surface area is 143 Å². The van der Waals surface area contributed by atoms with Crippen molar-refractivity contribution < 1.29 is 18.3 Å². The Morgan fingerprint density at radius 1 is 1.25 bits per heavy atom. The number of hydrogen-bond donors (Lipinski definition) is 1. The summed E-state index contributed by atoms with van der Waals surface area (Å²) in [5.41, 5.74) is 1.16. The minimum Gasteiger partial charge on any atom is -0.444 e. The quantitative estimate of drug-likeness (QED) is 0.840. The molecule has 0 aliphatic carbocycles. The van der Waals surface area contributed by atoms with E-state index in [1.165, 1.54) is 30.1 Å². The minimum atomic E-state index is -3.23. The maximum absolute atomic E-state index is 14.1. The number of ether oxygens (including phenoxy) is 1. The molecule has 124 valence electrons. The number of nitrogens with one attached hydrogen (secondary N) is 1. The molecule has 2 aromatic rings. The van der Waals surface area contributed by atoms with Crippen LogP contribution in [0.5, 0.6) is 0 Å². The van der Waals surface area contributed by atoms with Crippen LogP contribution in [0.1, 0.15) is 11.1 Å². The number of anilines is 2. The molecule has 2 aromatic carbocycles. The zero-order chi connectivity index (χ0) is 17.3. The molecule has 0 aromatic heterocycles. The number of benzene rings is 2. The van der Waals surface area contributed by atoms with Gasteiger partial charge in [-0.1, -0.05) is 42.5 Å². The van der Waals surface area contributed by atoms with Crippen molar-refractivity contribution in [1.82, 2.24) is 0 Å². The zero-order valence-corrected chi connectivity index (χ0v) is 13.6. The van der Waals surface area contributed by atoms with Crippen LogP contribution in [0.15, 0.2) is 48.5 Å². The average Bonchev–Trinajstić information content (AvgIpc) is 2.75. The molecule has 0 atom stereocenters. The van der Waals surface area contributed by atoms with Gasteiger partial charge in [0.25, 0.3) is 0 Å². The molecule has 0 radical (unpaired) electrons. The highest BCUT2D eigenvalue weighted by Gasteiger charge is 2.48. The largest absolute Gasteiger partial charge is 0.444 e. The van der Waals surface area contributed by atoms with E-state index < -0.39 is 17.0 Å². The molecule has 7 heteroatoms. The Morgan fingerprint density at radius 2 is 1.96 bits per heavy atom. The summed E-state index contributed by atoms with van der Waals surface area (Å²) in [6.45, 7) is 0.0978. The van der Waals surface area contributed by atoms with Gasteiger partial charge in [0.05, 0.1) is 11.3 Å². The molecule has 1 heterocycles. The Balaban J connectivity index is 1.70. The number of halogens is 2. The third-order valence-electron chi connectivity index (χ3n) is 3.73. The average molecular weight is 348 g/mol. The van der Waals surface area contributed by atoms with Gasteiger partial charge < -0.3 is 9.64 Å². The third kappa shape index (κ3) is 2.94. The van der Waals surface area contributed by atoms with Crippen LogP contribution >= 0.6 is 12.2 Å². The van der Waals surface area contributed by atoms with Crippen molar-refractivity contribution in [3.05, 3.63) is 59.7 Å². The van der Waals surface area contributed by atoms with E-state index in [1.807, 2.05) is 30.3 Å². The first-order chi connectivity index (χ1) is 11.4. The number of nitrogens with zero attached hydrogens (tertiary/aromatic N) is 1. The predicted octanol–water partition coefficient (Wildman–Crippen LogP) is 4.30. The third-order valence-corrected chi connectivity index (χ3v) is 4.26. The topological polar surface area (TPSA) is 41.6 Å². The van der Waals surface area contributed by atoms with Gasteiger partial charge >= 0.3 is 12.0 Å². The van der Waals surface area contributed by atoms with Crippen LogP contribution in [0.25, 0.3) is 0 Å². The molecule has 1 amide bonds. The standard InChI is InChI=1S/C17H14F2N2O2S/c1-21-14-8-7-12(9-13(14)17(18,19)15(21)24)20-16(22)23-10-11-5-3-2-4-6-11/h2-9H,10H2,1H3,(H,20,22). The Morgan fingerprint density at radius 3 is 2.67 bits per heavy atom. The van der Waals surface area contributed by atoms with Crippen molar-refractivity contribution in [2.45, 2.75) is 12.5 Å². The molecule has 0 bridgehead atoms. The molecule has 3 rings (SSSR count). The first kappa shape index (κ1) is 16.3. The monoisotopic (exact) mass is 348 g/mol. The van der Waals surface area contributed by atoms with Crippen molar-refractivity contribution in [3.63, 3.8) is 0 Å². The van der Waals surface area contributed by atoms with Gasteiger partial charge in [0.2, 0.25) is 0 Å². The number of alkyl halides is 2. The molecule has 1 aliphatic rings. The van der Waals surface area contributed by atoms with E-state index in [-0.39, 0.29) is 17.9 Å². The van der Waals surface area contributed by atoms with E-state index in [4.69, 9.17) is 17.0 Å². The lowest BCUT2D eigenvalue weighted by molar-refractivity contribution is 0.0830. The lowest BCUT2D eigenvalue weighted by atomic mass is 10.1. The van der Waals surface area contributed by atoms with Gasteiger partial charge in [0.15, 0.2) is 4.99 Å². The second-order valence-electron chi connectivity index (χ2n) is 5.36. The number of rotatable bonds is 3.